The van der Waals surface area contributed by atoms with Crippen LogP contribution < -0.4 is 4.90 Å². The molecule has 0 unspecified atom stereocenters. The summed E-state index contributed by atoms with van der Waals surface area (Å²) in [6.45, 7) is 8.08. The van der Waals surface area contributed by atoms with Gasteiger partial charge in [-0.15, -0.1) is 0 Å². The van der Waals surface area contributed by atoms with Crippen molar-refractivity contribution in [3.63, 3.8) is 0 Å². The molecule has 3 heterocycles. The van der Waals surface area contributed by atoms with Gasteiger partial charge in [0.15, 0.2) is 0 Å². The van der Waals surface area contributed by atoms with E-state index >= 15 is 0 Å². The lowest BCUT2D eigenvalue weighted by Crippen LogP contribution is -2.41. The second kappa shape index (κ2) is 5.77. The summed E-state index contributed by atoms with van der Waals surface area (Å²) in [5, 5.41) is 11.7. The third kappa shape index (κ3) is 2.70. The highest BCUT2D eigenvalue weighted by molar-refractivity contribution is 5.84. The number of hydrogen-bond donors (Lipinski definition) is 1. The number of anilines is 1. The molecule has 2 aliphatic rings. The fourth-order valence-electron chi connectivity index (χ4n) is 4.04. The van der Waals surface area contributed by atoms with Crippen LogP contribution in [0.4, 0.5) is 5.82 Å². The topological polar surface area (TPSA) is 39.6 Å². The van der Waals surface area contributed by atoms with Crippen LogP contribution in [0.5, 0.6) is 0 Å². The highest BCUT2D eigenvalue weighted by Crippen LogP contribution is 2.28. The Balaban J connectivity index is 1.63. The van der Waals surface area contributed by atoms with Crippen LogP contribution in [0.3, 0.4) is 0 Å². The summed E-state index contributed by atoms with van der Waals surface area (Å²) in [5.74, 6) is 1.000. The number of nitrogens with zero attached hydrogens (tertiary/aromatic N) is 3. The normalized spacial score (nSPS) is 25.6. The molecule has 0 spiro atoms. The number of fused-ring (bicyclic) bond motifs is 1. The van der Waals surface area contributed by atoms with Crippen molar-refractivity contribution in [3.05, 3.63) is 35.4 Å². The average molecular weight is 311 g/mol. The molecule has 4 heteroatoms. The van der Waals surface area contributed by atoms with Crippen molar-refractivity contribution < 1.29 is 5.11 Å². The monoisotopic (exact) mass is 311 g/mol. The van der Waals surface area contributed by atoms with E-state index < -0.39 is 0 Å². The van der Waals surface area contributed by atoms with Crippen LogP contribution in [-0.2, 0) is 0 Å². The summed E-state index contributed by atoms with van der Waals surface area (Å²) in [5.41, 5.74) is 3.57. The standard InChI is InChI=1S/C19H25N3O/c1-13-5-6-16-15(9-13)14(2)10-19(20-16)22-11-17(18(23)12-22)21-7-3-4-8-21/h5-6,9-10,17-18,23H,3-4,7-8,11-12H2,1-2H3/t17-,18-/m0/s1. The van der Waals surface area contributed by atoms with Crippen molar-refractivity contribution in [3.8, 4) is 0 Å². The number of aliphatic hydroxyl groups excluding tert-OH is 1. The third-order valence-electron chi connectivity index (χ3n) is 5.35. The molecular weight excluding hydrogens is 286 g/mol. The Morgan fingerprint density at radius 1 is 1.09 bits per heavy atom. The highest BCUT2D eigenvalue weighted by atomic mass is 16.3. The summed E-state index contributed by atoms with van der Waals surface area (Å²) >= 11 is 0. The van der Waals surface area contributed by atoms with Crippen LogP contribution in [0, 0.1) is 13.8 Å². The van der Waals surface area contributed by atoms with Crippen molar-refractivity contribution in [2.75, 3.05) is 31.1 Å². The molecule has 1 aromatic carbocycles. The molecule has 2 atom stereocenters. The van der Waals surface area contributed by atoms with Gasteiger partial charge in [-0.1, -0.05) is 11.6 Å². The van der Waals surface area contributed by atoms with Crippen LogP contribution in [0.2, 0.25) is 0 Å². The van der Waals surface area contributed by atoms with Gasteiger partial charge >= 0.3 is 0 Å². The molecule has 23 heavy (non-hydrogen) atoms. The number of hydrogen-bond acceptors (Lipinski definition) is 4. The number of pyridine rings is 1. The molecule has 2 aromatic rings. The number of rotatable bonds is 2. The van der Waals surface area contributed by atoms with E-state index in [9.17, 15) is 5.11 Å². The van der Waals surface area contributed by atoms with Crippen molar-refractivity contribution >= 4 is 16.7 Å². The lowest BCUT2D eigenvalue weighted by atomic mass is 10.1. The van der Waals surface area contributed by atoms with Crippen LogP contribution in [0.15, 0.2) is 24.3 Å². The van der Waals surface area contributed by atoms with Gasteiger partial charge in [-0.2, -0.15) is 0 Å². The second-order valence-electron chi connectivity index (χ2n) is 7.10. The van der Waals surface area contributed by atoms with Crippen molar-refractivity contribution in [1.82, 2.24) is 9.88 Å². The molecule has 2 saturated heterocycles. The Bertz CT molecular complexity index is 724. The highest BCUT2D eigenvalue weighted by Gasteiger charge is 2.37. The zero-order valence-electron chi connectivity index (χ0n) is 14.0. The molecule has 1 aromatic heterocycles. The molecule has 4 rings (SSSR count). The number of aliphatic hydroxyl groups is 1. The van der Waals surface area contributed by atoms with Crippen molar-refractivity contribution in [2.45, 2.75) is 38.8 Å². The largest absolute Gasteiger partial charge is 0.390 e. The van der Waals surface area contributed by atoms with E-state index in [4.69, 9.17) is 4.98 Å². The Morgan fingerprint density at radius 3 is 2.65 bits per heavy atom. The maximum absolute atomic E-state index is 10.5. The van der Waals surface area contributed by atoms with Gasteiger partial charge in [0, 0.05) is 18.5 Å². The van der Waals surface area contributed by atoms with Crippen LogP contribution in [0.1, 0.15) is 24.0 Å². The number of β-amino-alcohol motifs (C(OH)–C–C–N with tert-alkyl or cyclic N) is 1. The molecule has 0 aliphatic carbocycles. The molecule has 2 fully saturated rings. The first kappa shape index (κ1) is 14.9. The third-order valence-corrected chi connectivity index (χ3v) is 5.35. The molecule has 2 aliphatic heterocycles. The first-order valence-electron chi connectivity index (χ1n) is 8.67. The predicted octanol–water partition coefficient (Wildman–Crippen LogP) is 2.50. The molecule has 0 radical (unpaired) electrons. The fourth-order valence-corrected chi connectivity index (χ4v) is 4.04. The quantitative estimate of drug-likeness (QED) is 0.925. The molecule has 0 bridgehead atoms. The maximum Gasteiger partial charge on any atom is 0.129 e. The van der Waals surface area contributed by atoms with E-state index in [1.54, 1.807) is 0 Å². The van der Waals surface area contributed by atoms with Crippen molar-refractivity contribution in [1.29, 1.82) is 0 Å². The van der Waals surface area contributed by atoms with E-state index in [0.717, 1.165) is 31.0 Å². The predicted molar refractivity (Wildman–Crippen MR) is 94.0 cm³/mol. The van der Waals surface area contributed by atoms with Crippen LogP contribution in [-0.4, -0.2) is 53.3 Å². The summed E-state index contributed by atoms with van der Waals surface area (Å²) in [7, 11) is 0. The van der Waals surface area contributed by atoms with E-state index in [0.29, 0.717) is 6.54 Å². The second-order valence-corrected chi connectivity index (χ2v) is 7.10. The van der Waals surface area contributed by atoms with E-state index in [1.165, 1.54) is 29.4 Å². The fraction of sp³-hybridized carbons (Fsp3) is 0.526. The van der Waals surface area contributed by atoms with Crippen LogP contribution in [0.25, 0.3) is 10.9 Å². The minimum absolute atomic E-state index is 0.258. The van der Waals surface area contributed by atoms with Gasteiger partial charge in [-0.3, -0.25) is 4.90 Å². The summed E-state index contributed by atoms with van der Waals surface area (Å²) < 4.78 is 0. The molecule has 4 nitrogen and oxygen atoms in total. The molecule has 1 N–H and O–H groups in total. The lowest BCUT2D eigenvalue weighted by Gasteiger charge is -2.25. The van der Waals surface area contributed by atoms with Gasteiger partial charge in [0.1, 0.15) is 5.82 Å². The first-order chi connectivity index (χ1) is 11.1. The Morgan fingerprint density at radius 2 is 1.87 bits per heavy atom. The number of aromatic nitrogens is 1. The minimum Gasteiger partial charge on any atom is -0.390 e. The lowest BCUT2D eigenvalue weighted by molar-refractivity contribution is 0.0986. The maximum atomic E-state index is 10.5. The molecule has 0 saturated carbocycles. The smallest absolute Gasteiger partial charge is 0.129 e. The average Bonchev–Trinajstić information content (AvgIpc) is 3.17. The molecule has 122 valence electrons. The first-order valence-corrected chi connectivity index (χ1v) is 8.67. The summed E-state index contributed by atoms with van der Waals surface area (Å²) in [6, 6.07) is 8.85. The van der Waals surface area contributed by atoms with Gasteiger partial charge in [0.25, 0.3) is 0 Å². The number of likely N-dealkylation sites (tertiary alicyclic amines) is 1. The molecular formula is C19H25N3O. The minimum atomic E-state index is -0.274. The van der Waals surface area contributed by atoms with Crippen molar-refractivity contribution in [2.24, 2.45) is 0 Å². The van der Waals surface area contributed by atoms with Crippen LogP contribution >= 0.6 is 0 Å². The number of aryl methyl sites for hydroxylation is 2. The van der Waals surface area contributed by atoms with E-state index in [2.05, 4.69) is 47.9 Å². The Kier molecular flexibility index (Phi) is 3.74. The zero-order chi connectivity index (χ0) is 16.0. The summed E-state index contributed by atoms with van der Waals surface area (Å²) in [4.78, 5) is 9.55. The Labute approximate surface area is 137 Å². The van der Waals surface area contributed by atoms with E-state index in [1.807, 2.05) is 0 Å². The molecule has 0 amide bonds. The number of benzene rings is 1. The Hall–Kier alpha value is -1.65. The van der Waals surface area contributed by atoms with Gasteiger partial charge in [0.2, 0.25) is 0 Å². The van der Waals surface area contributed by atoms with Gasteiger partial charge in [0.05, 0.1) is 17.7 Å². The van der Waals surface area contributed by atoms with Gasteiger partial charge in [-0.25, -0.2) is 4.98 Å². The van der Waals surface area contributed by atoms with Gasteiger partial charge in [-0.05, 0) is 63.5 Å². The zero-order valence-corrected chi connectivity index (χ0v) is 14.0. The van der Waals surface area contributed by atoms with E-state index in [-0.39, 0.29) is 12.1 Å². The summed E-state index contributed by atoms with van der Waals surface area (Å²) in [6.07, 6.45) is 2.25. The van der Waals surface area contributed by atoms with Gasteiger partial charge < -0.3 is 10.0 Å². The SMILES string of the molecule is Cc1ccc2nc(N3C[C@H](O)[C@@H](N4CCCC4)C3)cc(C)c2c1.